The Bertz CT molecular complexity index is 1670. The van der Waals surface area contributed by atoms with E-state index in [1.165, 1.54) is 14.0 Å². The van der Waals surface area contributed by atoms with Crippen molar-refractivity contribution in [3.05, 3.63) is 131 Å². The van der Waals surface area contributed by atoms with Crippen molar-refractivity contribution < 1.29 is 33.7 Å². The van der Waals surface area contributed by atoms with Crippen LogP contribution >= 0.6 is 11.8 Å². The maximum Gasteiger partial charge on any atom is 0.328 e. The van der Waals surface area contributed by atoms with E-state index in [1.54, 1.807) is 11.8 Å². The quantitative estimate of drug-likeness (QED) is 0.0988. The molecule has 0 aromatic heterocycles. The second-order valence-electron chi connectivity index (χ2n) is 11.7. The van der Waals surface area contributed by atoms with E-state index in [2.05, 4.69) is 16.0 Å². The maximum atomic E-state index is 12.7. The van der Waals surface area contributed by atoms with Crippen LogP contribution in [0.4, 0.5) is 10.5 Å². The van der Waals surface area contributed by atoms with Crippen LogP contribution in [0.3, 0.4) is 0 Å². The van der Waals surface area contributed by atoms with Gasteiger partial charge in [0.2, 0.25) is 5.91 Å². The van der Waals surface area contributed by atoms with Crippen molar-refractivity contribution in [1.29, 1.82) is 0 Å². The fourth-order valence-corrected chi connectivity index (χ4v) is 6.34. The highest BCUT2D eigenvalue weighted by Crippen LogP contribution is 2.39. The lowest BCUT2D eigenvalue weighted by Crippen LogP contribution is -2.47. The summed E-state index contributed by atoms with van der Waals surface area (Å²) in [5.41, 5.74) is 5.19. The number of thioether (sulfide) groups is 1. The number of methoxy groups -OCH3 is 1. The van der Waals surface area contributed by atoms with Gasteiger partial charge in [-0.05, 0) is 46.5 Å². The predicted octanol–water partition coefficient (Wildman–Crippen LogP) is 6.06. The Labute approximate surface area is 290 Å². The molecule has 1 aliphatic heterocycles. The lowest BCUT2D eigenvalue weighted by Gasteiger charge is -2.36. The number of esters is 1. The maximum absolute atomic E-state index is 12.7. The van der Waals surface area contributed by atoms with Crippen LogP contribution in [0.5, 0.6) is 0 Å². The average Bonchev–Trinajstić information content (AvgIpc) is 3.13. The van der Waals surface area contributed by atoms with Gasteiger partial charge < -0.3 is 35.3 Å². The number of nitrogens with one attached hydrogen (secondary N) is 3. The molecule has 10 nitrogen and oxygen atoms in total. The summed E-state index contributed by atoms with van der Waals surface area (Å²) in [5.74, 6) is 0.0617. The van der Waals surface area contributed by atoms with Gasteiger partial charge in [0.1, 0.15) is 6.04 Å². The molecule has 4 N–H and O–H groups in total. The first-order chi connectivity index (χ1) is 23.8. The van der Waals surface area contributed by atoms with Crippen molar-refractivity contribution in [2.75, 3.05) is 18.2 Å². The SMILES string of the molecule is COC(=O)[C@H](Cc1ccccc1)NC(=O)NCc1ccc([C@@H]2O[C@H](CSc3ccc(NC(C)=O)cc3)C[C@H](c3ccc(CO)cc3)O2)cc1. The number of ether oxygens (including phenoxy) is 3. The third-order valence-corrected chi connectivity index (χ3v) is 9.15. The summed E-state index contributed by atoms with van der Waals surface area (Å²) in [6, 6.07) is 31.3. The molecule has 0 spiro atoms. The minimum Gasteiger partial charge on any atom is -0.467 e. The van der Waals surface area contributed by atoms with Crippen LogP contribution in [0.15, 0.2) is 108 Å². The van der Waals surface area contributed by atoms with Crippen molar-refractivity contribution >= 4 is 35.4 Å². The fraction of sp³-hybridized carbons (Fsp3) is 0.289. The van der Waals surface area contributed by atoms with E-state index in [0.717, 1.165) is 38.4 Å². The Balaban J connectivity index is 1.21. The van der Waals surface area contributed by atoms with Crippen LogP contribution in [0.25, 0.3) is 0 Å². The number of anilines is 1. The van der Waals surface area contributed by atoms with E-state index >= 15 is 0 Å². The summed E-state index contributed by atoms with van der Waals surface area (Å²) < 4.78 is 17.8. The molecular formula is C38H41N3O7S. The number of carbonyl (C=O) groups excluding carboxylic acids is 3. The molecule has 0 unspecified atom stereocenters. The molecule has 1 saturated heterocycles. The van der Waals surface area contributed by atoms with Gasteiger partial charge in [-0.1, -0.05) is 78.9 Å². The normalized spacial score (nSPS) is 17.8. The molecule has 4 atom stereocenters. The minimum absolute atomic E-state index is 0.0278. The van der Waals surface area contributed by atoms with Crippen LogP contribution in [0, 0.1) is 0 Å². The predicted molar refractivity (Wildman–Crippen MR) is 188 cm³/mol. The Morgan fingerprint density at radius 2 is 1.53 bits per heavy atom. The Morgan fingerprint density at radius 1 is 0.857 bits per heavy atom. The third-order valence-electron chi connectivity index (χ3n) is 8.00. The van der Waals surface area contributed by atoms with E-state index < -0.39 is 24.3 Å². The third kappa shape index (κ3) is 10.7. The van der Waals surface area contributed by atoms with E-state index in [9.17, 15) is 19.5 Å². The molecule has 0 aliphatic carbocycles. The first kappa shape index (κ1) is 35.6. The number of hydrogen-bond donors (Lipinski definition) is 4. The van der Waals surface area contributed by atoms with E-state index in [-0.39, 0.29) is 31.3 Å². The number of carbonyl (C=O) groups is 3. The van der Waals surface area contributed by atoms with Crippen LogP contribution in [-0.4, -0.2) is 48.0 Å². The minimum atomic E-state index is -0.822. The van der Waals surface area contributed by atoms with Gasteiger partial charge in [-0.3, -0.25) is 4.79 Å². The van der Waals surface area contributed by atoms with Gasteiger partial charge in [-0.15, -0.1) is 11.8 Å². The highest BCUT2D eigenvalue weighted by molar-refractivity contribution is 7.99. The summed E-state index contributed by atoms with van der Waals surface area (Å²) in [4.78, 5) is 37.5. The monoisotopic (exact) mass is 683 g/mol. The first-order valence-electron chi connectivity index (χ1n) is 16.1. The van der Waals surface area contributed by atoms with Crippen molar-refractivity contribution in [2.45, 2.75) is 62.4 Å². The second-order valence-corrected chi connectivity index (χ2v) is 12.8. The zero-order valence-corrected chi connectivity index (χ0v) is 28.3. The van der Waals surface area contributed by atoms with Gasteiger partial charge in [-0.25, -0.2) is 9.59 Å². The average molecular weight is 684 g/mol. The first-order valence-corrected chi connectivity index (χ1v) is 17.0. The fourth-order valence-electron chi connectivity index (χ4n) is 5.42. The topological polar surface area (TPSA) is 135 Å². The molecule has 1 fully saturated rings. The smallest absolute Gasteiger partial charge is 0.328 e. The van der Waals surface area contributed by atoms with Crippen LogP contribution in [0.1, 0.15) is 53.6 Å². The summed E-state index contributed by atoms with van der Waals surface area (Å²) in [5, 5.41) is 17.8. The number of aliphatic hydroxyl groups is 1. The summed E-state index contributed by atoms with van der Waals surface area (Å²) in [7, 11) is 1.30. The molecule has 0 bridgehead atoms. The molecule has 11 heteroatoms. The molecule has 1 aliphatic rings. The van der Waals surface area contributed by atoms with Crippen LogP contribution < -0.4 is 16.0 Å². The van der Waals surface area contributed by atoms with Gasteiger partial charge in [0, 0.05) is 48.2 Å². The molecule has 5 rings (SSSR count). The molecule has 0 saturated carbocycles. The Hall–Kier alpha value is -4.68. The largest absolute Gasteiger partial charge is 0.467 e. The number of amides is 3. The van der Waals surface area contributed by atoms with Gasteiger partial charge in [-0.2, -0.15) is 0 Å². The molecule has 3 amide bonds. The molecule has 4 aromatic rings. The molecule has 49 heavy (non-hydrogen) atoms. The molecular weight excluding hydrogens is 642 g/mol. The number of aliphatic hydroxyl groups excluding tert-OH is 1. The highest BCUT2D eigenvalue weighted by Gasteiger charge is 2.32. The van der Waals surface area contributed by atoms with Gasteiger partial charge in [0.15, 0.2) is 6.29 Å². The summed E-state index contributed by atoms with van der Waals surface area (Å²) in [6.45, 7) is 1.70. The van der Waals surface area contributed by atoms with Crippen molar-refractivity contribution in [3.63, 3.8) is 0 Å². The Morgan fingerprint density at radius 3 is 2.18 bits per heavy atom. The zero-order chi connectivity index (χ0) is 34.6. The van der Waals surface area contributed by atoms with Crippen molar-refractivity contribution in [2.24, 2.45) is 0 Å². The molecule has 1 heterocycles. The molecule has 256 valence electrons. The lowest BCUT2D eigenvalue weighted by atomic mass is 10.0. The number of hydrogen-bond acceptors (Lipinski definition) is 8. The van der Waals surface area contributed by atoms with Crippen LogP contribution in [-0.2, 0) is 43.4 Å². The summed E-state index contributed by atoms with van der Waals surface area (Å²) >= 11 is 1.67. The number of rotatable bonds is 13. The summed E-state index contributed by atoms with van der Waals surface area (Å²) in [6.07, 6.45) is 0.00875. The lowest BCUT2D eigenvalue weighted by molar-refractivity contribution is -0.245. The van der Waals surface area contributed by atoms with Crippen LogP contribution in [0.2, 0.25) is 0 Å². The zero-order valence-electron chi connectivity index (χ0n) is 27.5. The van der Waals surface area contributed by atoms with Gasteiger partial charge >= 0.3 is 12.0 Å². The highest BCUT2D eigenvalue weighted by atomic mass is 32.2. The van der Waals surface area contributed by atoms with Gasteiger partial charge in [0.05, 0.1) is 25.9 Å². The Kier molecular flexibility index (Phi) is 12.8. The van der Waals surface area contributed by atoms with Crippen molar-refractivity contribution in [1.82, 2.24) is 10.6 Å². The van der Waals surface area contributed by atoms with E-state index in [0.29, 0.717) is 18.6 Å². The number of benzene rings is 4. The number of urea groups is 1. The van der Waals surface area contributed by atoms with Crippen molar-refractivity contribution in [3.8, 4) is 0 Å². The standard InChI is InChI=1S/C38H41N3O7S/c1-25(43)40-31-16-18-33(19-17-31)49-24-32-21-35(29-12-10-28(23-42)11-13-29)48-37(47-32)30-14-8-27(9-15-30)22-39-38(45)41-34(36(44)46-2)20-26-6-4-3-5-7-26/h3-19,32,34-35,37,42H,20-24H2,1-2H3,(H,40,43)(H2,39,41,45)/t32-,34-,35+,37+/m0/s1. The van der Waals surface area contributed by atoms with E-state index in [1.807, 2.05) is 103 Å². The molecule has 0 radical (unpaired) electrons. The van der Waals surface area contributed by atoms with E-state index in [4.69, 9.17) is 14.2 Å². The van der Waals surface area contributed by atoms with Gasteiger partial charge in [0.25, 0.3) is 0 Å². The second kappa shape index (κ2) is 17.6. The molecule has 4 aromatic carbocycles.